The summed E-state index contributed by atoms with van der Waals surface area (Å²) in [5.74, 6) is 0. The van der Waals surface area contributed by atoms with Crippen molar-refractivity contribution in [2.75, 3.05) is 13.1 Å². The minimum atomic E-state index is -4.12. The molecule has 1 aliphatic carbocycles. The lowest BCUT2D eigenvalue weighted by molar-refractivity contribution is -0.146. The standard InChI is InChI=1S/C13H19F3N2S/c1-2-18(9-13(14,15)16)8-12-6-5-11(19-12)7-17-10-3-4-10/h5-6,10,17H,2-4,7-9H2,1H3. The van der Waals surface area contributed by atoms with Crippen LogP contribution >= 0.6 is 11.3 Å². The van der Waals surface area contributed by atoms with E-state index in [1.54, 1.807) is 18.3 Å². The average molecular weight is 292 g/mol. The first-order valence-corrected chi connectivity index (χ1v) is 7.38. The number of hydrogen-bond donors (Lipinski definition) is 1. The number of nitrogens with one attached hydrogen (secondary N) is 1. The summed E-state index contributed by atoms with van der Waals surface area (Å²) in [7, 11) is 0. The number of nitrogens with zero attached hydrogens (tertiary/aromatic N) is 1. The molecule has 1 aromatic rings. The SMILES string of the molecule is CCN(Cc1ccc(CNC2CC2)s1)CC(F)(F)F. The maximum absolute atomic E-state index is 12.4. The highest BCUT2D eigenvalue weighted by Crippen LogP contribution is 2.23. The Kier molecular flexibility index (Phi) is 4.86. The predicted octanol–water partition coefficient (Wildman–Crippen LogP) is 3.38. The van der Waals surface area contributed by atoms with E-state index in [0.717, 1.165) is 11.4 Å². The zero-order valence-corrected chi connectivity index (χ0v) is 11.8. The summed E-state index contributed by atoms with van der Waals surface area (Å²) in [5.41, 5.74) is 0. The number of rotatable bonds is 7. The average Bonchev–Trinajstić information content (AvgIpc) is 3.05. The molecular formula is C13H19F3N2S. The number of thiophene rings is 1. The zero-order chi connectivity index (χ0) is 13.9. The largest absolute Gasteiger partial charge is 0.401 e. The third-order valence-electron chi connectivity index (χ3n) is 3.09. The molecule has 2 rings (SSSR count). The number of halogens is 3. The van der Waals surface area contributed by atoms with Gasteiger partial charge < -0.3 is 5.32 Å². The fourth-order valence-corrected chi connectivity index (χ4v) is 2.90. The van der Waals surface area contributed by atoms with Crippen molar-refractivity contribution in [3.63, 3.8) is 0 Å². The summed E-state index contributed by atoms with van der Waals surface area (Å²) >= 11 is 1.60. The molecule has 0 amide bonds. The fraction of sp³-hybridized carbons (Fsp3) is 0.692. The molecule has 1 aromatic heterocycles. The van der Waals surface area contributed by atoms with Crippen molar-refractivity contribution in [1.29, 1.82) is 0 Å². The zero-order valence-electron chi connectivity index (χ0n) is 11.0. The van der Waals surface area contributed by atoms with E-state index in [-0.39, 0.29) is 0 Å². The molecule has 0 aromatic carbocycles. The Morgan fingerprint density at radius 3 is 2.58 bits per heavy atom. The van der Waals surface area contributed by atoms with E-state index in [1.807, 2.05) is 12.1 Å². The molecule has 0 bridgehead atoms. The Balaban J connectivity index is 1.82. The van der Waals surface area contributed by atoms with Crippen LogP contribution in [0.1, 0.15) is 29.5 Å². The van der Waals surface area contributed by atoms with E-state index in [4.69, 9.17) is 0 Å². The van der Waals surface area contributed by atoms with Crippen molar-refractivity contribution in [2.45, 2.75) is 45.1 Å². The molecule has 0 aliphatic heterocycles. The van der Waals surface area contributed by atoms with Crippen molar-refractivity contribution in [2.24, 2.45) is 0 Å². The molecule has 0 atom stereocenters. The highest BCUT2D eigenvalue weighted by molar-refractivity contribution is 7.11. The van der Waals surface area contributed by atoms with Crippen molar-refractivity contribution in [3.8, 4) is 0 Å². The highest BCUT2D eigenvalue weighted by atomic mass is 32.1. The van der Waals surface area contributed by atoms with E-state index in [9.17, 15) is 13.2 Å². The quantitative estimate of drug-likeness (QED) is 0.829. The topological polar surface area (TPSA) is 15.3 Å². The van der Waals surface area contributed by atoms with Gasteiger partial charge in [-0.2, -0.15) is 13.2 Å². The van der Waals surface area contributed by atoms with Gasteiger partial charge >= 0.3 is 6.18 Å². The molecule has 1 fully saturated rings. The first-order valence-electron chi connectivity index (χ1n) is 6.56. The molecule has 1 N–H and O–H groups in total. The lowest BCUT2D eigenvalue weighted by atomic mass is 10.3. The highest BCUT2D eigenvalue weighted by Gasteiger charge is 2.30. The molecule has 1 aliphatic rings. The van der Waals surface area contributed by atoms with Crippen LogP contribution in [0.3, 0.4) is 0 Å². The van der Waals surface area contributed by atoms with Gasteiger partial charge in [0.1, 0.15) is 0 Å². The van der Waals surface area contributed by atoms with Gasteiger partial charge in [0.05, 0.1) is 6.54 Å². The molecule has 2 nitrogen and oxygen atoms in total. The van der Waals surface area contributed by atoms with Crippen LogP contribution in [0, 0.1) is 0 Å². The van der Waals surface area contributed by atoms with Gasteiger partial charge in [-0.25, -0.2) is 0 Å². The van der Waals surface area contributed by atoms with Crippen LogP contribution in [0.15, 0.2) is 12.1 Å². The fourth-order valence-electron chi connectivity index (χ4n) is 1.89. The number of alkyl halides is 3. The van der Waals surface area contributed by atoms with Crippen LogP contribution in [0.25, 0.3) is 0 Å². The second-order valence-electron chi connectivity index (χ2n) is 4.94. The van der Waals surface area contributed by atoms with Crippen LogP contribution in [-0.2, 0) is 13.1 Å². The maximum atomic E-state index is 12.4. The summed E-state index contributed by atoms with van der Waals surface area (Å²) in [5, 5.41) is 3.41. The third kappa shape index (κ3) is 5.50. The molecule has 1 saturated carbocycles. The first-order chi connectivity index (χ1) is 8.96. The second-order valence-corrected chi connectivity index (χ2v) is 6.19. The van der Waals surface area contributed by atoms with Crippen LogP contribution < -0.4 is 5.32 Å². The molecule has 0 unspecified atom stereocenters. The molecule has 0 radical (unpaired) electrons. The summed E-state index contributed by atoms with van der Waals surface area (Å²) in [6.45, 7) is 2.55. The predicted molar refractivity (Wildman–Crippen MR) is 71.2 cm³/mol. The van der Waals surface area contributed by atoms with Crippen molar-refractivity contribution >= 4 is 11.3 Å². The molecule has 108 valence electrons. The molecule has 0 spiro atoms. The molecule has 0 saturated heterocycles. The third-order valence-corrected chi connectivity index (χ3v) is 4.16. The lowest BCUT2D eigenvalue weighted by Gasteiger charge is -2.20. The summed E-state index contributed by atoms with van der Waals surface area (Å²) in [6.07, 6.45) is -1.63. The smallest absolute Gasteiger partial charge is 0.309 e. The summed E-state index contributed by atoms with van der Waals surface area (Å²) in [6, 6.07) is 4.60. The van der Waals surface area contributed by atoms with Gasteiger partial charge in [-0.1, -0.05) is 6.92 Å². The van der Waals surface area contributed by atoms with Gasteiger partial charge in [0.15, 0.2) is 0 Å². The van der Waals surface area contributed by atoms with Crippen molar-refractivity contribution < 1.29 is 13.2 Å². The summed E-state index contributed by atoms with van der Waals surface area (Å²) in [4.78, 5) is 3.62. The van der Waals surface area contributed by atoms with Crippen LogP contribution in [0.5, 0.6) is 0 Å². The minimum Gasteiger partial charge on any atom is -0.309 e. The van der Waals surface area contributed by atoms with Crippen LogP contribution in [-0.4, -0.2) is 30.2 Å². The molecule has 1 heterocycles. The Morgan fingerprint density at radius 2 is 2.00 bits per heavy atom. The van der Waals surface area contributed by atoms with E-state index >= 15 is 0 Å². The Morgan fingerprint density at radius 1 is 1.32 bits per heavy atom. The van der Waals surface area contributed by atoms with Gasteiger partial charge in [-0.3, -0.25) is 4.90 Å². The molecule has 6 heteroatoms. The molecule has 19 heavy (non-hydrogen) atoms. The van der Waals surface area contributed by atoms with Crippen molar-refractivity contribution in [1.82, 2.24) is 10.2 Å². The van der Waals surface area contributed by atoms with E-state index in [0.29, 0.717) is 19.1 Å². The van der Waals surface area contributed by atoms with Gasteiger partial charge in [-0.05, 0) is 31.5 Å². The normalized spacial score (nSPS) is 16.3. The Bertz CT molecular complexity index is 399. The minimum absolute atomic E-state index is 0.379. The van der Waals surface area contributed by atoms with E-state index in [2.05, 4.69) is 5.32 Å². The van der Waals surface area contributed by atoms with Crippen LogP contribution in [0.4, 0.5) is 13.2 Å². The van der Waals surface area contributed by atoms with Gasteiger partial charge in [0, 0.05) is 28.9 Å². The maximum Gasteiger partial charge on any atom is 0.401 e. The Labute approximate surface area is 115 Å². The van der Waals surface area contributed by atoms with Gasteiger partial charge in [0.25, 0.3) is 0 Å². The number of hydrogen-bond acceptors (Lipinski definition) is 3. The van der Waals surface area contributed by atoms with E-state index < -0.39 is 12.7 Å². The van der Waals surface area contributed by atoms with Crippen molar-refractivity contribution in [3.05, 3.63) is 21.9 Å². The summed E-state index contributed by atoms with van der Waals surface area (Å²) < 4.78 is 37.1. The van der Waals surface area contributed by atoms with Crippen LogP contribution in [0.2, 0.25) is 0 Å². The lowest BCUT2D eigenvalue weighted by Crippen LogP contribution is -2.33. The first kappa shape index (κ1) is 14.8. The Hall–Kier alpha value is -0.590. The monoisotopic (exact) mass is 292 g/mol. The van der Waals surface area contributed by atoms with Gasteiger partial charge in [0.2, 0.25) is 0 Å². The second kappa shape index (κ2) is 6.24. The van der Waals surface area contributed by atoms with E-state index in [1.165, 1.54) is 22.6 Å². The molecular weight excluding hydrogens is 273 g/mol. The van der Waals surface area contributed by atoms with Gasteiger partial charge in [-0.15, -0.1) is 11.3 Å².